The first kappa shape index (κ1) is 30.6. The van der Waals surface area contributed by atoms with Gasteiger partial charge in [-0.05, 0) is 72.5 Å². The highest BCUT2D eigenvalue weighted by Gasteiger charge is 2.39. The molecule has 0 fully saturated rings. The second-order valence-electron chi connectivity index (χ2n) is 9.98. The third-order valence-electron chi connectivity index (χ3n) is 5.28. The molecule has 9 heteroatoms. The number of hydrogen-bond acceptors (Lipinski definition) is 6. The molecule has 0 saturated heterocycles. The Morgan fingerprint density at radius 2 is 1.71 bits per heavy atom. The van der Waals surface area contributed by atoms with E-state index in [2.05, 4.69) is 10.6 Å². The normalized spacial score (nSPS) is 14.1. The second-order valence-corrected chi connectivity index (χ2v) is 11.0. The molecule has 0 aromatic heterocycles. The van der Waals surface area contributed by atoms with Crippen molar-refractivity contribution < 1.29 is 24.2 Å². The van der Waals surface area contributed by atoms with Crippen molar-refractivity contribution in [3.8, 4) is 5.75 Å². The zero-order valence-electron chi connectivity index (χ0n) is 22.4. The predicted molar refractivity (Wildman–Crippen MR) is 141 cm³/mol. The number of hydrogen-bond donors (Lipinski definition) is 3. The van der Waals surface area contributed by atoms with Gasteiger partial charge in [-0.2, -0.15) is 11.8 Å². The van der Waals surface area contributed by atoms with Gasteiger partial charge < -0.3 is 25.4 Å². The van der Waals surface area contributed by atoms with Gasteiger partial charge in [0.25, 0.3) is 0 Å². The van der Waals surface area contributed by atoms with Gasteiger partial charge in [-0.25, -0.2) is 4.79 Å². The van der Waals surface area contributed by atoms with Crippen LogP contribution >= 0.6 is 11.8 Å². The fourth-order valence-corrected chi connectivity index (χ4v) is 4.24. The number of alkyl carbamates (subject to hydrolysis) is 1. The van der Waals surface area contributed by atoms with Crippen molar-refractivity contribution in [2.75, 3.05) is 12.0 Å². The van der Waals surface area contributed by atoms with E-state index >= 15 is 0 Å². The Morgan fingerprint density at radius 3 is 2.23 bits per heavy atom. The van der Waals surface area contributed by atoms with E-state index in [1.54, 1.807) is 50.7 Å². The number of aromatic hydroxyl groups is 1. The van der Waals surface area contributed by atoms with Crippen molar-refractivity contribution in [1.82, 2.24) is 15.5 Å². The third kappa shape index (κ3) is 9.99. The molecule has 198 valence electrons. The maximum absolute atomic E-state index is 13.9. The standard InChI is InChI=1S/C26H43N3O5S/c1-9-12-18(4)27-23(31)22(19-13-10-11-14-21(19)30)29(17(2)3)24(32)20(15-16-35-8)28-25(33)34-26(5,6)7/h10-11,13-14,17-18,20,22,30H,9,12,15-16H2,1-8H3,(H,27,31)(H,28,33). The number of phenolic OH excluding ortho intramolecular Hbond substituents is 1. The molecule has 0 aliphatic rings. The van der Waals surface area contributed by atoms with Gasteiger partial charge in [0.15, 0.2) is 0 Å². The number of nitrogens with one attached hydrogen (secondary N) is 2. The van der Waals surface area contributed by atoms with Crippen molar-refractivity contribution >= 4 is 29.7 Å². The summed E-state index contributed by atoms with van der Waals surface area (Å²) in [7, 11) is 0. The number of ether oxygens (including phenoxy) is 1. The maximum atomic E-state index is 13.9. The Kier molecular flexibility index (Phi) is 12.4. The fraction of sp³-hybridized carbons (Fsp3) is 0.654. The molecule has 1 aromatic carbocycles. The molecule has 3 N–H and O–H groups in total. The van der Waals surface area contributed by atoms with Gasteiger partial charge in [-0.15, -0.1) is 0 Å². The zero-order chi connectivity index (χ0) is 26.8. The van der Waals surface area contributed by atoms with Crippen LogP contribution in [0.4, 0.5) is 4.79 Å². The molecule has 0 spiro atoms. The minimum atomic E-state index is -1.07. The Bertz CT molecular complexity index is 841. The maximum Gasteiger partial charge on any atom is 0.408 e. The molecule has 35 heavy (non-hydrogen) atoms. The lowest BCUT2D eigenvalue weighted by molar-refractivity contribution is -0.145. The number of para-hydroxylation sites is 1. The summed E-state index contributed by atoms with van der Waals surface area (Å²) >= 11 is 1.55. The molecule has 1 aromatic rings. The lowest BCUT2D eigenvalue weighted by atomic mass is 9.99. The Labute approximate surface area is 214 Å². The largest absolute Gasteiger partial charge is 0.508 e. The number of carbonyl (C=O) groups excluding carboxylic acids is 3. The predicted octanol–water partition coefficient (Wildman–Crippen LogP) is 4.62. The molecule has 0 heterocycles. The summed E-state index contributed by atoms with van der Waals surface area (Å²) in [5.41, 5.74) is -0.389. The summed E-state index contributed by atoms with van der Waals surface area (Å²) in [5.74, 6) is -0.240. The Morgan fingerprint density at radius 1 is 1.09 bits per heavy atom. The summed E-state index contributed by atoms with van der Waals surface area (Å²) in [6.07, 6.45) is 3.27. The van der Waals surface area contributed by atoms with E-state index in [0.29, 0.717) is 17.7 Å². The topological polar surface area (TPSA) is 108 Å². The molecule has 3 atom stereocenters. The number of amides is 3. The first-order valence-electron chi connectivity index (χ1n) is 12.2. The highest BCUT2D eigenvalue weighted by atomic mass is 32.2. The van der Waals surface area contributed by atoms with E-state index < -0.39 is 35.7 Å². The third-order valence-corrected chi connectivity index (χ3v) is 5.92. The summed E-state index contributed by atoms with van der Waals surface area (Å²) in [5, 5.41) is 16.3. The summed E-state index contributed by atoms with van der Waals surface area (Å²) < 4.78 is 5.38. The van der Waals surface area contributed by atoms with Gasteiger partial charge in [0.2, 0.25) is 11.8 Å². The Balaban J connectivity index is 3.44. The van der Waals surface area contributed by atoms with Gasteiger partial charge in [0, 0.05) is 17.6 Å². The molecule has 0 bridgehead atoms. The average Bonchev–Trinajstić information content (AvgIpc) is 2.73. The molecule has 1 rings (SSSR count). The number of nitrogens with zero attached hydrogens (tertiary/aromatic N) is 1. The van der Waals surface area contributed by atoms with Crippen LogP contribution in [0.1, 0.15) is 79.3 Å². The van der Waals surface area contributed by atoms with Gasteiger partial charge in [-0.3, -0.25) is 9.59 Å². The van der Waals surface area contributed by atoms with Crippen LogP contribution in [0.25, 0.3) is 0 Å². The van der Waals surface area contributed by atoms with Gasteiger partial charge in [0.05, 0.1) is 0 Å². The van der Waals surface area contributed by atoms with Crippen LogP contribution in [0.2, 0.25) is 0 Å². The number of rotatable bonds is 12. The van der Waals surface area contributed by atoms with Crippen LogP contribution < -0.4 is 10.6 Å². The van der Waals surface area contributed by atoms with Crippen LogP contribution in [0, 0.1) is 0 Å². The molecule has 8 nitrogen and oxygen atoms in total. The van der Waals surface area contributed by atoms with Crippen LogP contribution in [-0.2, 0) is 14.3 Å². The Hall–Kier alpha value is -2.42. The summed E-state index contributed by atoms with van der Waals surface area (Å²) in [4.78, 5) is 41.5. The molecule has 0 aliphatic carbocycles. The molecule has 0 saturated carbocycles. The van der Waals surface area contributed by atoms with Crippen molar-refractivity contribution in [3.63, 3.8) is 0 Å². The smallest absolute Gasteiger partial charge is 0.408 e. The lowest BCUT2D eigenvalue weighted by Crippen LogP contribution is -2.55. The van der Waals surface area contributed by atoms with Crippen molar-refractivity contribution in [3.05, 3.63) is 29.8 Å². The fourth-order valence-electron chi connectivity index (χ4n) is 3.77. The first-order valence-corrected chi connectivity index (χ1v) is 13.6. The molecule has 3 unspecified atom stereocenters. The minimum Gasteiger partial charge on any atom is -0.508 e. The zero-order valence-corrected chi connectivity index (χ0v) is 23.2. The number of benzene rings is 1. The van der Waals surface area contributed by atoms with E-state index in [1.807, 2.05) is 34.0 Å². The van der Waals surface area contributed by atoms with E-state index in [4.69, 9.17) is 4.74 Å². The number of thioether (sulfide) groups is 1. The van der Waals surface area contributed by atoms with Crippen LogP contribution in [0.5, 0.6) is 5.75 Å². The highest BCUT2D eigenvalue weighted by molar-refractivity contribution is 7.98. The van der Waals surface area contributed by atoms with Crippen LogP contribution in [-0.4, -0.2) is 63.6 Å². The van der Waals surface area contributed by atoms with Crippen molar-refractivity contribution in [2.24, 2.45) is 0 Å². The van der Waals surface area contributed by atoms with E-state index in [-0.39, 0.29) is 17.7 Å². The number of carbonyl (C=O) groups is 3. The summed E-state index contributed by atoms with van der Waals surface area (Å²) in [6.45, 7) is 12.8. The number of phenols is 1. The highest BCUT2D eigenvalue weighted by Crippen LogP contribution is 2.31. The SMILES string of the molecule is CCCC(C)NC(=O)C(c1ccccc1O)N(C(=O)C(CCSC)NC(=O)OC(C)(C)C)C(C)C. The van der Waals surface area contributed by atoms with Crippen LogP contribution in [0.3, 0.4) is 0 Å². The lowest BCUT2D eigenvalue weighted by Gasteiger charge is -2.37. The molecule has 3 amide bonds. The molecule has 0 radical (unpaired) electrons. The second kappa shape index (κ2) is 14.2. The van der Waals surface area contributed by atoms with Crippen molar-refractivity contribution in [1.29, 1.82) is 0 Å². The van der Waals surface area contributed by atoms with Gasteiger partial charge >= 0.3 is 6.09 Å². The summed E-state index contributed by atoms with van der Waals surface area (Å²) in [6, 6.07) is 4.07. The van der Waals surface area contributed by atoms with E-state index in [0.717, 1.165) is 12.8 Å². The molecule has 0 aliphatic heterocycles. The van der Waals surface area contributed by atoms with Crippen LogP contribution in [0.15, 0.2) is 24.3 Å². The quantitative estimate of drug-likeness (QED) is 0.379. The monoisotopic (exact) mass is 509 g/mol. The minimum absolute atomic E-state index is 0.0741. The van der Waals surface area contributed by atoms with Gasteiger partial charge in [-0.1, -0.05) is 31.5 Å². The molecular weight excluding hydrogens is 466 g/mol. The first-order chi connectivity index (χ1) is 16.3. The van der Waals surface area contributed by atoms with E-state index in [1.165, 1.54) is 11.0 Å². The average molecular weight is 510 g/mol. The molecular formula is C26H43N3O5S. The van der Waals surface area contributed by atoms with E-state index in [9.17, 15) is 19.5 Å². The van der Waals surface area contributed by atoms with Crippen molar-refractivity contribution in [2.45, 2.75) is 97.5 Å². The van der Waals surface area contributed by atoms with Gasteiger partial charge in [0.1, 0.15) is 23.4 Å².